The van der Waals surface area contributed by atoms with Crippen LogP contribution in [0.1, 0.15) is 77.1 Å². The van der Waals surface area contributed by atoms with Gasteiger partial charge in [0.15, 0.2) is 5.58 Å². The molecule has 0 saturated heterocycles. The third-order valence-electron chi connectivity index (χ3n) is 6.71. The van der Waals surface area contributed by atoms with Gasteiger partial charge in [-0.1, -0.05) is 84.0 Å². The molecule has 232 valence electrons. The lowest BCUT2D eigenvalue weighted by Gasteiger charge is -2.26. The van der Waals surface area contributed by atoms with Crippen molar-refractivity contribution in [3.8, 4) is 0 Å². The van der Waals surface area contributed by atoms with Crippen LogP contribution < -0.4 is 16.0 Å². The van der Waals surface area contributed by atoms with Gasteiger partial charge in [0.1, 0.15) is 24.2 Å². The first-order chi connectivity index (χ1) is 20.4. The molecule has 0 bridgehead atoms. The average molecular weight is 593 g/mol. The first-order valence-corrected chi connectivity index (χ1v) is 14.9. The number of alkyl carbamates (subject to hydrolysis) is 1. The van der Waals surface area contributed by atoms with Crippen molar-refractivity contribution >= 4 is 34.8 Å². The maximum Gasteiger partial charge on any atom is 0.408 e. The summed E-state index contributed by atoms with van der Waals surface area (Å²) in [5.41, 5.74) is 1.85. The van der Waals surface area contributed by atoms with Crippen molar-refractivity contribution in [1.82, 2.24) is 20.9 Å². The van der Waals surface area contributed by atoms with E-state index in [1.165, 1.54) is 0 Å². The number of hydrogen-bond acceptors (Lipinski definition) is 7. The van der Waals surface area contributed by atoms with Crippen LogP contribution in [-0.4, -0.2) is 46.8 Å². The van der Waals surface area contributed by atoms with E-state index in [9.17, 15) is 19.2 Å². The topological polar surface area (TPSA) is 140 Å². The molecule has 0 fully saturated rings. The SMILES string of the molecule is CC(C)C[C@H](NC(=O)OCc1ccccc1)C(=O)N[C@@H](CC(C)C)C(=O)N[C@@H](CC(C)C)C(=O)c1nc2ccccc2o1. The van der Waals surface area contributed by atoms with Gasteiger partial charge in [-0.15, -0.1) is 0 Å². The summed E-state index contributed by atoms with van der Waals surface area (Å²) in [7, 11) is 0. The van der Waals surface area contributed by atoms with Crippen molar-refractivity contribution < 1.29 is 28.3 Å². The Bertz CT molecular complexity index is 1330. The van der Waals surface area contributed by atoms with Crippen LogP contribution in [0.25, 0.3) is 11.1 Å². The number of rotatable bonds is 15. The Morgan fingerprint density at radius 3 is 1.79 bits per heavy atom. The van der Waals surface area contributed by atoms with Gasteiger partial charge in [-0.25, -0.2) is 9.78 Å². The number of para-hydroxylation sites is 2. The molecule has 3 rings (SSSR count). The lowest BCUT2D eigenvalue weighted by atomic mass is 9.97. The number of ether oxygens (including phenoxy) is 1. The van der Waals surface area contributed by atoms with Gasteiger partial charge in [0.2, 0.25) is 17.6 Å². The summed E-state index contributed by atoms with van der Waals surface area (Å²) in [5.74, 6) is -1.30. The van der Waals surface area contributed by atoms with Crippen molar-refractivity contribution in [2.45, 2.75) is 85.5 Å². The number of carbonyl (C=O) groups is 4. The van der Waals surface area contributed by atoms with Crippen molar-refractivity contribution in [1.29, 1.82) is 0 Å². The summed E-state index contributed by atoms with van der Waals surface area (Å²) in [6, 6.07) is 13.5. The highest BCUT2D eigenvalue weighted by Crippen LogP contribution is 2.18. The number of oxazole rings is 1. The lowest BCUT2D eigenvalue weighted by Crippen LogP contribution is -2.56. The molecule has 2 aromatic carbocycles. The van der Waals surface area contributed by atoms with E-state index < -0.39 is 41.8 Å². The third-order valence-corrected chi connectivity index (χ3v) is 6.71. The summed E-state index contributed by atoms with van der Waals surface area (Å²) in [6.07, 6.45) is 0.302. The quantitative estimate of drug-likeness (QED) is 0.200. The number of nitrogens with one attached hydrogen (secondary N) is 3. The highest BCUT2D eigenvalue weighted by molar-refractivity contribution is 6.01. The molecule has 0 aliphatic carbocycles. The second-order valence-electron chi connectivity index (χ2n) is 12.1. The smallest absolute Gasteiger partial charge is 0.408 e. The minimum absolute atomic E-state index is 0.0553. The Hall–Kier alpha value is -4.21. The molecule has 0 saturated carbocycles. The van der Waals surface area contributed by atoms with Crippen LogP contribution in [0.3, 0.4) is 0 Å². The maximum absolute atomic E-state index is 13.6. The minimum Gasteiger partial charge on any atom is -0.445 e. The normalized spacial score (nSPS) is 13.5. The van der Waals surface area contributed by atoms with Crippen molar-refractivity contribution in [3.05, 3.63) is 66.1 Å². The molecule has 0 unspecified atom stereocenters. The highest BCUT2D eigenvalue weighted by atomic mass is 16.5. The maximum atomic E-state index is 13.6. The molecule has 0 aliphatic heterocycles. The lowest BCUT2D eigenvalue weighted by molar-refractivity contribution is -0.130. The molecule has 1 heterocycles. The van der Waals surface area contributed by atoms with Gasteiger partial charge in [0.05, 0.1) is 6.04 Å². The number of benzene rings is 2. The molecule has 3 amide bonds. The summed E-state index contributed by atoms with van der Waals surface area (Å²) in [6.45, 7) is 11.7. The van der Waals surface area contributed by atoms with Crippen LogP contribution in [-0.2, 0) is 20.9 Å². The number of nitrogens with zero attached hydrogens (tertiary/aromatic N) is 1. The zero-order valence-corrected chi connectivity index (χ0v) is 25.9. The van der Waals surface area contributed by atoms with Crippen LogP contribution in [0, 0.1) is 17.8 Å². The van der Waals surface area contributed by atoms with Gasteiger partial charge >= 0.3 is 6.09 Å². The zero-order chi connectivity index (χ0) is 31.5. The predicted octanol–water partition coefficient (Wildman–Crippen LogP) is 5.41. The number of aromatic nitrogens is 1. The molecule has 10 heteroatoms. The van der Waals surface area contributed by atoms with Gasteiger partial charge in [-0.2, -0.15) is 0 Å². The first kappa shape index (κ1) is 33.3. The number of Topliss-reactive ketones (excluding diaryl/α,β-unsaturated/α-hetero) is 1. The molecule has 0 spiro atoms. The Morgan fingerprint density at radius 2 is 1.21 bits per heavy atom. The average Bonchev–Trinajstić information content (AvgIpc) is 3.39. The zero-order valence-electron chi connectivity index (χ0n) is 25.9. The number of carbonyl (C=O) groups excluding carboxylic acids is 4. The number of hydrogen-bond donors (Lipinski definition) is 3. The van der Waals surface area contributed by atoms with Gasteiger partial charge in [0.25, 0.3) is 5.89 Å². The van der Waals surface area contributed by atoms with Gasteiger partial charge in [-0.05, 0) is 54.7 Å². The fraction of sp³-hybridized carbons (Fsp3) is 0.485. The monoisotopic (exact) mass is 592 g/mol. The Balaban J connectivity index is 1.72. The van der Waals surface area contributed by atoms with Crippen LogP contribution >= 0.6 is 0 Å². The second-order valence-corrected chi connectivity index (χ2v) is 12.1. The number of ketones is 1. The van der Waals surface area contributed by atoms with E-state index in [0.29, 0.717) is 30.4 Å². The van der Waals surface area contributed by atoms with Crippen molar-refractivity contribution in [2.75, 3.05) is 0 Å². The largest absolute Gasteiger partial charge is 0.445 e. The molecule has 1 aromatic heterocycles. The van der Waals surface area contributed by atoms with E-state index in [1.807, 2.05) is 71.9 Å². The van der Waals surface area contributed by atoms with Gasteiger partial charge < -0.3 is 25.1 Å². The molecule has 3 atom stereocenters. The van der Waals surface area contributed by atoms with E-state index in [2.05, 4.69) is 20.9 Å². The van der Waals surface area contributed by atoms with Crippen LogP contribution in [0.2, 0.25) is 0 Å². The summed E-state index contributed by atoms with van der Waals surface area (Å²) in [5, 5.41) is 8.32. The van der Waals surface area contributed by atoms with E-state index >= 15 is 0 Å². The molecule has 3 aromatic rings. The van der Waals surface area contributed by atoms with Crippen molar-refractivity contribution in [3.63, 3.8) is 0 Å². The number of amides is 3. The van der Waals surface area contributed by atoms with E-state index in [0.717, 1.165) is 5.56 Å². The predicted molar refractivity (Wildman–Crippen MR) is 164 cm³/mol. The molecule has 3 N–H and O–H groups in total. The Labute approximate surface area is 253 Å². The fourth-order valence-corrected chi connectivity index (χ4v) is 4.69. The minimum atomic E-state index is -0.935. The summed E-state index contributed by atoms with van der Waals surface area (Å²) >= 11 is 0. The van der Waals surface area contributed by atoms with E-state index in [1.54, 1.807) is 24.3 Å². The standard InChI is InChI=1S/C33H44N4O6/c1-20(2)16-25(29(38)32-36-24-14-10-11-15-28(24)43-32)34-30(39)26(17-21(3)4)35-31(40)27(18-22(5)6)37-33(41)42-19-23-12-8-7-9-13-23/h7-15,20-22,25-27H,16-19H2,1-6H3,(H,34,39)(H,35,40)(H,37,41)/t25-,26-,27-/m0/s1. The third kappa shape index (κ3) is 10.5. The molecule has 0 radical (unpaired) electrons. The van der Waals surface area contributed by atoms with E-state index in [-0.39, 0.29) is 30.3 Å². The van der Waals surface area contributed by atoms with Crippen LogP contribution in [0.15, 0.2) is 59.0 Å². The van der Waals surface area contributed by atoms with Crippen molar-refractivity contribution in [2.24, 2.45) is 17.8 Å². The molecule has 43 heavy (non-hydrogen) atoms. The fourth-order valence-electron chi connectivity index (χ4n) is 4.69. The van der Waals surface area contributed by atoms with Gasteiger partial charge in [-0.3, -0.25) is 14.4 Å². The Morgan fingerprint density at radius 1 is 0.698 bits per heavy atom. The second kappa shape index (κ2) is 15.9. The first-order valence-electron chi connectivity index (χ1n) is 14.9. The summed E-state index contributed by atoms with van der Waals surface area (Å²) in [4.78, 5) is 57.4. The van der Waals surface area contributed by atoms with E-state index in [4.69, 9.17) is 9.15 Å². The molecular formula is C33H44N4O6. The molecule has 10 nitrogen and oxygen atoms in total. The number of fused-ring (bicyclic) bond motifs is 1. The van der Waals surface area contributed by atoms with Gasteiger partial charge in [0, 0.05) is 0 Å². The molecule has 0 aliphatic rings. The molecular weight excluding hydrogens is 548 g/mol. The van der Waals surface area contributed by atoms with Crippen LogP contribution in [0.5, 0.6) is 0 Å². The Kier molecular flexibility index (Phi) is 12.3. The summed E-state index contributed by atoms with van der Waals surface area (Å²) < 4.78 is 11.0. The van der Waals surface area contributed by atoms with Crippen LogP contribution in [0.4, 0.5) is 4.79 Å². The highest BCUT2D eigenvalue weighted by Gasteiger charge is 2.32.